The number of nitrogens with one attached hydrogen (secondary N) is 2. The van der Waals surface area contributed by atoms with Crippen molar-refractivity contribution >= 4 is 22.0 Å². The van der Waals surface area contributed by atoms with Gasteiger partial charge in [-0.1, -0.05) is 44.1 Å². The first kappa shape index (κ1) is 24.3. The summed E-state index contributed by atoms with van der Waals surface area (Å²) in [5, 5.41) is 2.78. The van der Waals surface area contributed by atoms with Gasteiger partial charge in [-0.2, -0.15) is 0 Å². The van der Waals surface area contributed by atoms with Crippen LogP contribution in [0.25, 0.3) is 6.08 Å². The first-order valence-corrected chi connectivity index (χ1v) is 11.6. The molecule has 7 nitrogen and oxygen atoms in total. The number of aromatic nitrogens is 1. The third kappa shape index (κ3) is 11.8. The molecule has 0 saturated heterocycles. The molecule has 1 amide bonds. The molecule has 0 bridgehead atoms. The Hall–Kier alpha value is -1.77. The molecular weight excluding hydrogens is 378 g/mol. The third-order valence-corrected chi connectivity index (χ3v) is 5.48. The van der Waals surface area contributed by atoms with Gasteiger partial charge in [-0.05, 0) is 42.9 Å². The van der Waals surface area contributed by atoms with Crippen LogP contribution < -0.4 is 10.2 Å². The van der Waals surface area contributed by atoms with Crippen LogP contribution in [0.3, 0.4) is 0 Å². The normalized spacial score (nSPS) is 12.9. The first-order valence-electron chi connectivity index (χ1n) is 9.94. The summed E-state index contributed by atoms with van der Waals surface area (Å²) in [6.07, 6.45) is 11.5. The van der Waals surface area contributed by atoms with Crippen molar-refractivity contribution in [3.63, 3.8) is 0 Å². The fraction of sp³-hybridized carbons (Fsp3) is 0.600. The van der Waals surface area contributed by atoms with E-state index in [0.29, 0.717) is 31.9 Å². The zero-order valence-corrected chi connectivity index (χ0v) is 17.7. The molecule has 1 aromatic rings. The standard InChI is InChI=1S/C20H33N3O4S.2H2/c1-3-9-18(4-2)17-27-23-28(25,26)15-7-5-6-14-22-20(24)12-11-19-10-8-13-21-16-19;;/h8,10-13,16,18,23H,3-7,9,14-15,17H2,1-2H3,(H,22,24);2*1H/b12-11+;;. The Labute approximate surface area is 171 Å². The number of rotatable bonds is 15. The molecule has 0 aliphatic carbocycles. The molecule has 1 aromatic heterocycles. The molecule has 162 valence electrons. The number of hydrogen-bond acceptors (Lipinski definition) is 5. The van der Waals surface area contributed by atoms with Gasteiger partial charge in [0.05, 0.1) is 12.4 Å². The van der Waals surface area contributed by atoms with E-state index in [1.54, 1.807) is 24.5 Å². The average molecular weight is 416 g/mol. The summed E-state index contributed by atoms with van der Waals surface area (Å²) in [5.74, 6) is 0.222. The van der Waals surface area contributed by atoms with E-state index in [-0.39, 0.29) is 14.5 Å². The van der Waals surface area contributed by atoms with Gasteiger partial charge in [0.1, 0.15) is 0 Å². The van der Waals surface area contributed by atoms with Gasteiger partial charge in [0.15, 0.2) is 0 Å². The second-order valence-electron chi connectivity index (χ2n) is 6.75. The van der Waals surface area contributed by atoms with Crippen molar-refractivity contribution in [3.05, 3.63) is 36.2 Å². The van der Waals surface area contributed by atoms with Crippen molar-refractivity contribution in [3.8, 4) is 0 Å². The lowest BCUT2D eigenvalue weighted by Gasteiger charge is -2.14. The molecule has 1 heterocycles. The Kier molecular flexibility index (Phi) is 12.4. The molecule has 8 heteroatoms. The van der Waals surface area contributed by atoms with E-state index in [1.165, 1.54) is 6.08 Å². The average Bonchev–Trinajstić information content (AvgIpc) is 2.69. The number of amides is 1. The van der Waals surface area contributed by atoms with Gasteiger partial charge in [0.2, 0.25) is 15.9 Å². The second kappa shape index (κ2) is 14.3. The van der Waals surface area contributed by atoms with Gasteiger partial charge in [-0.3, -0.25) is 14.6 Å². The highest BCUT2D eigenvalue weighted by Crippen LogP contribution is 2.10. The minimum absolute atomic E-state index is 0. The number of carbonyl (C=O) groups is 1. The van der Waals surface area contributed by atoms with E-state index < -0.39 is 10.0 Å². The minimum atomic E-state index is -3.42. The Morgan fingerprint density at radius 1 is 1.32 bits per heavy atom. The molecule has 0 saturated carbocycles. The predicted molar refractivity (Wildman–Crippen MR) is 116 cm³/mol. The fourth-order valence-electron chi connectivity index (χ4n) is 2.61. The summed E-state index contributed by atoms with van der Waals surface area (Å²) in [6.45, 7) is 5.09. The molecule has 0 spiro atoms. The van der Waals surface area contributed by atoms with Crippen LogP contribution in [0.4, 0.5) is 0 Å². The maximum atomic E-state index is 11.9. The molecule has 2 N–H and O–H groups in total. The topological polar surface area (TPSA) is 97.4 Å². The van der Waals surface area contributed by atoms with Gasteiger partial charge in [-0.25, -0.2) is 8.42 Å². The van der Waals surface area contributed by atoms with Crippen LogP contribution in [0.5, 0.6) is 0 Å². The van der Waals surface area contributed by atoms with E-state index in [0.717, 1.165) is 31.2 Å². The Bertz CT molecular complexity index is 689. The highest BCUT2D eigenvalue weighted by Gasteiger charge is 2.12. The molecule has 0 fully saturated rings. The van der Waals surface area contributed by atoms with Gasteiger partial charge >= 0.3 is 0 Å². The zero-order chi connectivity index (χ0) is 20.7. The Balaban J connectivity index is 0. The SMILES string of the molecule is CCCC(CC)CONS(=O)(=O)CCCCCNC(=O)/C=C/c1cccnc1.[HH].[HH]. The van der Waals surface area contributed by atoms with Gasteiger partial charge < -0.3 is 5.32 Å². The minimum Gasteiger partial charge on any atom is -0.353 e. The summed E-state index contributed by atoms with van der Waals surface area (Å²) in [6, 6.07) is 3.67. The zero-order valence-electron chi connectivity index (χ0n) is 16.9. The number of carbonyl (C=O) groups excluding carboxylic acids is 1. The van der Waals surface area contributed by atoms with Crippen molar-refractivity contribution < 1.29 is 20.9 Å². The highest BCUT2D eigenvalue weighted by atomic mass is 32.2. The molecule has 0 aliphatic heterocycles. The van der Waals surface area contributed by atoms with E-state index in [9.17, 15) is 13.2 Å². The second-order valence-corrected chi connectivity index (χ2v) is 8.55. The van der Waals surface area contributed by atoms with Gasteiger partial charge in [-0.15, -0.1) is 0 Å². The Morgan fingerprint density at radius 3 is 2.82 bits per heavy atom. The maximum Gasteiger partial charge on any atom is 0.243 e. The summed E-state index contributed by atoms with van der Waals surface area (Å²) in [4.78, 5) is 23.1. The molecular formula is C20H37N3O4S. The summed E-state index contributed by atoms with van der Waals surface area (Å²) >= 11 is 0. The molecule has 1 rings (SSSR count). The van der Waals surface area contributed by atoms with Crippen molar-refractivity contribution in [2.45, 2.75) is 52.4 Å². The lowest BCUT2D eigenvalue weighted by molar-refractivity contribution is -0.116. The van der Waals surface area contributed by atoms with E-state index in [1.807, 2.05) is 6.07 Å². The molecule has 0 radical (unpaired) electrons. The van der Waals surface area contributed by atoms with Crippen LogP contribution in [0.2, 0.25) is 0 Å². The van der Waals surface area contributed by atoms with E-state index >= 15 is 0 Å². The predicted octanol–water partition coefficient (Wildman–Crippen LogP) is 3.55. The third-order valence-electron chi connectivity index (χ3n) is 4.28. The summed E-state index contributed by atoms with van der Waals surface area (Å²) in [5.41, 5.74) is 0.859. The lowest BCUT2D eigenvalue weighted by atomic mass is 10.0. The van der Waals surface area contributed by atoms with Crippen molar-refractivity contribution in [2.24, 2.45) is 5.92 Å². The van der Waals surface area contributed by atoms with Crippen LogP contribution in [-0.4, -0.2) is 38.2 Å². The summed E-state index contributed by atoms with van der Waals surface area (Å²) in [7, 11) is -3.42. The van der Waals surface area contributed by atoms with Gasteiger partial charge in [0.25, 0.3) is 0 Å². The van der Waals surface area contributed by atoms with Crippen molar-refractivity contribution in [2.75, 3.05) is 18.9 Å². The molecule has 0 aliphatic rings. The molecule has 0 aromatic carbocycles. The van der Waals surface area contributed by atoms with Crippen molar-refractivity contribution in [1.82, 2.24) is 15.2 Å². The monoisotopic (exact) mass is 415 g/mol. The molecule has 28 heavy (non-hydrogen) atoms. The maximum absolute atomic E-state index is 11.9. The van der Waals surface area contributed by atoms with Crippen LogP contribution in [0.1, 0.15) is 60.8 Å². The van der Waals surface area contributed by atoms with Crippen LogP contribution in [-0.2, 0) is 19.7 Å². The summed E-state index contributed by atoms with van der Waals surface area (Å²) < 4.78 is 23.8. The van der Waals surface area contributed by atoms with Crippen LogP contribution in [0.15, 0.2) is 30.6 Å². The quantitative estimate of drug-likeness (QED) is 0.259. The smallest absolute Gasteiger partial charge is 0.243 e. The van der Waals surface area contributed by atoms with E-state index in [2.05, 4.69) is 29.0 Å². The largest absolute Gasteiger partial charge is 0.353 e. The highest BCUT2D eigenvalue weighted by molar-refractivity contribution is 7.89. The number of hydrogen-bond donors (Lipinski definition) is 2. The Morgan fingerprint density at radius 2 is 2.14 bits per heavy atom. The first-order chi connectivity index (χ1) is 13.5. The molecule has 1 unspecified atom stereocenters. The fourth-order valence-corrected chi connectivity index (χ4v) is 3.52. The van der Waals surface area contributed by atoms with Crippen LogP contribution >= 0.6 is 0 Å². The number of unbranched alkanes of at least 4 members (excludes halogenated alkanes) is 2. The lowest BCUT2D eigenvalue weighted by Crippen LogP contribution is -2.29. The van der Waals surface area contributed by atoms with Gasteiger partial charge in [0, 0.05) is 27.9 Å². The van der Waals surface area contributed by atoms with E-state index in [4.69, 9.17) is 4.84 Å². The number of pyridine rings is 1. The number of nitrogens with zero attached hydrogens (tertiary/aromatic N) is 1. The van der Waals surface area contributed by atoms with Crippen LogP contribution in [0, 0.1) is 5.92 Å². The molecule has 1 atom stereocenters. The number of sulfonamides is 1. The van der Waals surface area contributed by atoms with Crippen molar-refractivity contribution in [1.29, 1.82) is 0 Å².